The number of aliphatic imine (C=N–C) groups is 1. The van der Waals surface area contributed by atoms with Crippen molar-refractivity contribution in [3.05, 3.63) is 35.4 Å². The molecule has 0 radical (unpaired) electrons. The number of amides is 2. The summed E-state index contributed by atoms with van der Waals surface area (Å²) in [6, 6.07) is 7.80. The van der Waals surface area contributed by atoms with E-state index in [1.165, 1.54) is 0 Å². The topological polar surface area (TPSA) is 95.1 Å². The van der Waals surface area contributed by atoms with E-state index in [-0.39, 0.29) is 48.1 Å². The van der Waals surface area contributed by atoms with Crippen molar-refractivity contribution < 1.29 is 14.3 Å². The summed E-state index contributed by atoms with van der Waals surface area (Å²) in [5.74, 6) is 0.587. The predicted molar refractivity (Wildman–Crippen MR) is 134 cm³/mol. The van der Waals surface area contributed by atoms with E-state index in [4.69, 9.17) is 4.74 Å². The number of guanidine groups is 1. The maximum atomic E-state index is 12.3. The summed E-state index contributed by atoms with van der Waals surface area (Å²) in [5, 5.41) is 9.54. The molecule has 1 aromatic rings. The van der Waals surface area contributed by atoms with Gasteiger partial charge in [0.25, 0.3) is 5.91 Å². The van der Waals surface area contributed by atoms with Gasteiger partial charge in [0.15, 0.2) is 5.96 Å². The van der Waals surface area contributed by atoms with Gasteiger partial charge in [0.1, 0.15) is 5.60 Å². The molecule has 1 atom stereocenters. The van der Waals surface area contributed by atoms with Crippen LogP contribution in [0.25, 0.3) is 0 Å². The summed E-state index contributed by atoms with van der Waals surface area (Å²) < 4.78 is 5.37. The molecule has 1 aliphatic heterocycles. The second-order valence-corrected chi connectivity index (χ2v) is 8.64. The van der Waals surface area contributed by atoms with E-state index in [1.54, 1.807) is 11.9 Å². The lowest BCUT2D eigenvalue weighted by Gasteiger charge is -2.40. The number of carbonyl (C=O) groups is 2. The van der Waals surface area contributed by atoms with E-state index in [1.807, 2.05) is 58.9 Å². The van der Waals surface area contributed by atoms with Gasteiger partial charge in [-0.05, 0) is 51.8 Å². The quantitative estimate of drug-likeness (QED) is 0.290. The normalized spacial score (nSPS) is 15.3. The Labute approximate surface area is 202 Å². The van der Waals surface area contributed by atoms with Crippen molar-refractivity contribution >= 4 is 41.9 Å². The summed E-state index contributed by atoms with van der Waals surface area (Å²) >= 11 is 0. The van der Waals surface area contributed by atoms with Gasteiger partial charge in [-0.25, -0.2) is 4.79 Å². The lowest BCUT2D eigenvalue weighted by molar-refractivity contribution is 0.00700. The fourth-order valence-electron chi connectivity index (χ4n) is 2.85. The highest BCUT2D eigenvalue weighted by Crippen LogP contribution is 2.15. The highest BCUT2D eigenvalue weighted by molar-refractivity contribution is 14.0. The summed E-state index contributed by atoms with van der Waals surface area (Å²) in [6.45, 7) is 11.3. The monoisotopic (exact) mass is 545 g/mol. The first-order valence-corrected chi connectivity index (χ1v) is 10.5. The fraction of sp³-hybridized carbons (Fsp3) is 0.591. The van der Waals surface area contributed by atoms with Gasteiger partial charge in [0, 0.05) is 38.3 Å². The second-order valence-electron chi connectivity index (χ2n) is 8.64. The van der Waals surface area contributed by atoms with E-state index in [0.717, 1.165) is 12.0 Å². The first-order chi connectivity index (χ1) is 14.1. The molecule has 8 nitrogen and oxygen atoms in total. The van der Waals surface area contributed by atoms with E-state index in [0.29, 0.717) is 31.2 Å². The van der Waals surface area contributed by atoms with Crippen LogP contribution in [0.4, 0.5) is 4.79 Å². The number of hydrogen-bond acceptors (Lipinski definition) is 4. The first kappa shape index (κ1) is 27.0. The average Bonchev–Trinajstić information content (AvgIpc) is 2.65. The van der Waals surface area contributed by atoms with Crippen molar-refractivity contribution in [1.82, 2.24) is 20.9 Å². The molecule has 0 aromatic heterocycles. The lowest BCUT2D eigenvalue weighted by atomic mass is 10.1. The molecule has 9 heteroatoms. The van der Waals surface area contributed by atoms with Gasteiger partial charge in [0.05, 0.1) is 6.04 Å². The number of nitrogens with one attached hydrogen (secondary N) is 3. The average molecular weight is 545 g/mol. The molecule has 2 amide bonds. The van der Waals surface area contributed by atoms with Crippen LogP contribution in [0.15, 0.2) is 29.3 Å². The van der Waals surface area contributed by atoms with Crippen molar-refractivity contribution in [3.8, 4) is 0 Å². The molecule has 1 saturated heterocycles. The van der Waals surface area contributed by atoms with Crippen LogP contribution >= 0.6 is 24.0 Å². The number of ether oxygens (including phenoxy) is 1. The number of hydrogen-bond donors (Lipinski definition) is 3. The van der Waals surface area contributed by atoms with Crippen molar-refractivity contribution in [3.63, 3.8) is 0 Å². The zero-order valence-electron chi connectivity index (χ0n) is 19.3. The van der Waals surface area contributed by atoms with Crippen LogP contribution in [0, 0.1) is 0 Å². The second kappa shape index (κ2) is 12.1. The Bertz CT molecular complexity index is 773. The Hall–Kier alpha value is -2.04. The number of halogens is 1. The van der Waals surface area contributed by atoms with Gasteiger partial charge in [-0.3, -0.25) is 9.79 Å². The highest BCUT2D eigenvalue weighted by Gasteiger charge is 2.34. The largest absolute Gasteiger partial charge is 0.444 e. The minimum atomic E-state index is -0.493. The number of rotatable bonds is 6. The van der Waals surface area contributed by atoms with Gasteiger partial charge in [0.2, 0.25) is 0 Å². The maximum absolute atomic E-state index is 12.3. The fourth-order valence-corrected chi connectivity index (χ4v) is 2.85. The van der Waals surface area contributed by atoms with E-state index in [2.05, 4.69) is 20.9 Å². The van der Waals surface area contributed by atoms with E-state index < -0.39 is 5.60 Å². The third kappa shape index (κ3) is 8.92. The van der Waals surface area contributed by atoms with Crippen LogP contribution in [0.1, 0.15) is 57.0 Å². The van der Waals surface area contributed by atoms with Crippen LogP contribution < -0.4 is 16.0 Å². The molecule has 0 aliphatic carbocycles. The SMILES string of the molecule is CCC(C)NC(=O)c1cccc(CNC(=NC)NC2CN(C(=O)OC(C)(C)C)C2)c1.I. The number of benzene rings is 1. The molecule has 1 unspecified atom stereocenters. The zero-order valence-corrected chi connectivity index (χ0v) is 21.7. The Morgan fingerprint density at radius 3 is 2.55 bits per heavy atom. The van der Waals surface area contributed by atoms with E-state index >= 15 is 0 Å². The summed E-state index contributed by atoms with van der Waals surface area (Å²) in [5.41, 5.74) is 1.14. The van der Waals surface area contributed by atoms with Crippen LogP contribution in [0.2, 0.25) is 0 Å². The van der Waals surface area contributed by atoms with Gasteiger partial charge in [-0.15, -0.1) is 24.0 Å². The molecule has 1 heterocycles. The standard InChI is InChI=1S/C22H35N5O3.HI/c1-7-15(2)25-19(28)17-10-8-9-16(11-17)12-24-20(23-6)26-18-13-27(14-18)21(29)30-22(3,4)5;/h8-11,15,18H,7,12-14H2,1-6H3,(H,25,28)(H2,23,24,26);1H. The molecule has 31 heavy (non-hydrogen) atoms. The number of likely N-dealkylation sites (tertiary alicyclic amines) is 1. The highest BCUT2D eigenvalue weighted by atomic mass is 127. The third-order valence-corrected chi connectivity index (χ3v) is 4.74. The van der Waals surface area contributed by atoms with Gasteiger partial charge < -0.3 is 25.6 Å². The molecule has 0 bridgehead atoms. The van der Waals surface area contributed by atoms with Crippen molar-refractivity contribution in [2.75, 3.05) is 20.1 Å². The first-order valence-electron chi connectivity index (χ1n) is 10.5. The minimum Gasteiger partial charge on any atom is -0.444 e. The maximum Gasteiger partial charge on any atom is 0.410 e. The molecule has 1 fully saturated rings. The molecule has 1 aliphatic rings. The number of nitrogens with zero attached hydrogens (tertiary/aromatic N) is 2. The Kier molecular flexibility index (Phi) is 10.5. The van der Waals surface area contributed by atoms with Gasteiger partial charge >= 0.3 is 6.09 Å². The van der Waals surface area contributed by atoms with E-state index in [9.17, 15) is 9.59 Å². The van der Waals surface area contributed by atoms with Crippen LogP contribution in [0.3, 0.4) is 0 Å². The molecule has 174 valence electrons. The van der Waals surface area contributed by atoms with Gasteiger partial charge in [-0.2, -0.15) is 0 Å². The Morgan fingerprint density at radius 2 is 1.97 bits per heavy atom. The molecule has 1 aromatic carbocycles. The van der Waals surface area contributed by atoms with Gasteiger partial charge in [-0.1, -0.05) is 19.1 Å². The molecular formula is C22H36IN5O3. The predicted octanol–water partition coefficient (Wildman–Crippen LogP) is 3.12. The summed E-state index contributed by atoms with van der Waals surface area (Å²) in [6.07, 6.45) is 0.595. The van der Waals surface area contributed by atoms with Crippen molar-refractivity contribution in [2.24, 2.45) is 4.99 Å². The van der Waals surface area contributed by atoms with Crippen molar-refractivity contribution in [2.45, 2.75) is 65.3 Å². The summed E-state index contributed by atoms with van der Waals surface area (Å²) in [7, 11) is 1.70. The third-order valence-electron chi connectivity index (χ3n) is 4.74. The van der Waals surface area contributed by atoms with Crippen LogP contribution in [0.5, 0.6) is 0 Å². The smallest absolute Gasteiger partial charge is 0.410 e. The van der Waals surface area contributed by atoms with Crippen LogP contribution in [-0.2, 0) is 11.3 Å². The minimum absolute atomic E-state index is 0. The molecule has 3 N–H and O–H groups in total. The number of carbonyl (C=O) groups excluding carboxylic acids is 2. The van der Waals surface area contributed by atoms with Crippen LogP contribution in [-0.4, -0.2) is 60.7 Å². The molecule has 0 saturated carbocycles. The molecular weight excluding hydrogens is 509 g/mol. The molecule has 0 spiro atoms. The summed E-state index contributed by atoms with van der Waals surface area (Å²) in [4.78, 5) is 30.2. The Morgan fingerprint density at radius 1 is 1.29 bits per heavy atom. The Balaban J connectivity index is 0.00000480. The molecule has 2 rings (SSSR count). The van der Waals surface area contributed by atoms with Crippen molar-refractivity contribution in [1.29, 1.82) is 0 Å². The lowest BCUT2D eigenvalue weighted by Crippen LogP contribution is -2.63. The zero-order chi connectivity index (χ0) is 22.3.